The molecule has 0 aliphatic carbocycles. The Morgan fingerprint density at radius 2 is 1.76 bits per heavy atom. The molecule has 2 amide bonds. The van der Waals surface area contributed by atoms with Gasteiger partial charge in [0.25, 0.3) is 0 Å². The Kier molecular flexibility index (Phi) is 13.6. The second kappa shape index (κ2) is 12.4. The van der Waals surface area contributed by atoms with E-state index < -0.39 is 42.4 Å². The van der Waals surface area contributed by atoms with Gasteiger partial charge in [-0.1, -0.05) is 0 Å². The quantitative estimate of drug-likeness (QED) is 0.193. The molecule has 2 atom stereocenters. The summed E-state index contributed by atoms with van der Waals surface area (Å²) in [6, 6.07) is -2.15. The summed E-state index contributed by atoms with van der Waals surface area (Å²) in [5, 5.41) is 21.4. The number of carbonyl (C=O) groups excluding carboxylic acids is 2. The van der Waals surface area contributed by atoms with E-state index in [-0.39, 0.29) is 70.0 Å². The van der Waals surface area contributed by atoms with Gasteiger partial charge in [0, 0.05) is 12.2 Å². The van der Waals surface area contributed by atoms with Crippen LogP contribution in [0, 0.1) is 0 Å². The summed E-state index contributed by atoms with van der Waals surface area (Å²) in [5.41, 5.74) is 5.23. The SMILES string of the molecule is N[C@@H](CCC(=O)N[C@@H](CS)C(=O)NCC(=O)O)C(=O)O.[KH]. The normalized spacial score (nSPS) is 12.5. The summed E-state index contributed by atoms with van der Waals surface area (Å²) in [6.45, 7) is -0.567. The molecule has 6 N–H and O–H groups in total. The Balaban J connectivity index is 0. The number of nitrogens with two attached hydrogens (primary N) is 1. The van der Waals surface area contributed by atoms with E-state index in [9.17, 15) is 19.2 Å². The standard InChI is InChI=1S/C10H17N3O6S.K.H/c11-5(10(18)19)1-2-7(14)13-6(4-20)9(17)12-3-8(15)16;;/h5-6,20H,1-4,11H2,(H,12,17)(H,13,14)(H,15,16)(H,18,19);;/t5-,6-;;/m0../s1. The van der Waals surface area contributed by atoms with Crippen molar-refractivity contribution in [1.29, 1.82) is 0 Å². The van der Waals surface area contributed by atoms with Crippen LogP contribution in [0.4, 0.5) is 0 Å². The zero-order valence-electron chi connectivity index (χ0n) is 10.5. The Morgan fingerprint density at radius 1 is 1.19 bits per heavy atom. The van der Waals surface area contributed by atoms with Gasteiger partial charge < -0.3 is 26.6 Å². The first-order chi connectivity index (χ1) is 9.27. The third kappa shape index (κ3) is 11.1. The molecule has 0 fully saturated rings. The molecule has 116 valence electrons. The van der Waals surface area contributed by atoms with Crippen molar-refractivity contribution in [2.75, 3.05) is 12.3 Å². The van der Waals surface area contributed by atoms with Gasteiger partial charge in [0.1, 0.15) is 18.6 Å². The molecule has 11 heteroatoms. The molecule has 0 heterocycles. The molecule has 0 saturated carbocycles. The van der Waals surface area contributed by atoms with Gasteiger partial charge in [-0.3, -0.25) is 19.2 Å². The van der Waals surface area contributed by atoms with Crippen molar-refractivity contribution in [2.45, 2.75) is 24.9 Å². The van der Waals surface area contributed by atoms with Gasteiger partial charge in [0.2, 0.25) is 11.8 Å². The average molecular weight is 347 g/mol. The Bertz CT molecular complexity index is 395. The summed E-state index contributed by atoms with van der Waals surface area (Å²) in [5.74, 6) is -3.70. The fraction of sp³-hybridized carbons (Fsp3) is 0.600. The minimum absolute atomic E-state index is 0. The molecule has 0 aliphatic rings. The molecule has 0 aromatic carbocycles. The number of amides is 2. The molecule has 0 bridgehead atoms. The first kappa shape index (κ1) is 23.1. The maximum absolute atomic E-state index is 11.5. The molecule has 0 aromatic heterocycles. The number of nitrogens with one attached hydrogen (secondary N) is 2. The molecule has 0 unspecified atom stereocenters. The molecular weight excluding hydrogens is 329 g/mol. The summed E-state index contributed by atoms with van der Waals surface area (Å²) >= 11 is 3.87. The van der Waals surface area contributed by atoms with Crippen LogP contribution in [0.1, 0.15) is 12.8 Å². The number of carboxylic acid groups (broad SMARTS) is 2. The van der Waals surface area contributed by atoms with Gasteiger partial charge >= 0.3 is 63.3 Å². The van der Waals surface area contributed by atoms with Gasteiger partial charge in [-0.05, 0) is 6.42 Å². The molecule has 9 nitrogen and oxygen atoms in total. The number of carbonyl (C=O) groups is 4. The van der Waals surface area contributed by atoms with Crippen LogP contribution < -0.4 is 16.4 Å². The number of hydrogen-bond donors (Lipinski definition) is 6. The van der Waals surface area contributed by atoms with Crippen molar-refractivity contribution in [1.82, 2.24) is 10.6 Å². The van der Waals surface area contributed by atoms with Gasteiger partial charge in [0.15, 0.2) is 0 Å². The fourth-order valence-electron chi connectivity index (χ4n) is 1.16. The Hall–Kier alpha value is -0.174. The van der Waals surface area contributed by atoms with E-state index in [4.69, 9.17) is 15.9 Å². The second-order valence-corrected chi connectivity index (χ2v) is 4.26. The van der Waals surface area contributed by atoms with E-state index in [0.717, 1.165) is 0 Å². The summed E-state index contributed by atoms with van der Waals surface area (Å²) in [4.78, 5) is 43.7. The van der Waals surface area contributed by atoms with Crippen molar-refractivity contribution in [3.63, 3.8) is 0 Å². The van der Waals surface area contributed by atoms with E-state index in [0.29, 0.717) is 0 Å². The number of thiol groups is 1. The van der Waals surface area contributed by atoms with Crippen LogP contribution in [0.2, 0.25) is 0 Å². The molecule has 0 aromatic rings. The molecule has 0 saturated heterocycles. The van der Waals surface area contributed by atoms with Crippen LogP contribution in [0.3, 0.4) is 0 Å². The topological polar surface area (TPSA) is 159 Å². The van der Waals surface area contributed by atoms with Gasteiger partial charge in [-0.25, -0.2) is 0 Å². The van der Waals surface area contributed by atoms with Crippen molar-refractivity contribution in [3.05, 3.63) is 0 Å². The predicted octanol–water partition coefficient (Wildman–Crippen LogP) is -2.85. The molecule has 21 heavy (non-hydrogen) atoms. The Labute approximate surface area is 169 Å². The van der Waals surface area contributed by atoms with Crippen LogP contribution in [-0.2, 0) is 19.2 Å². The summed E-state index contributed by atoms with van der Waals surface area (Å²) in [7, 11) is 0. The van der Waals surface area contributed by atoms with Crippen LogP contribution >= 0.6 is 12.6 Å². The summed E-state index contributed by atoms with van der Waals surface area (Å²) < 4.78 is 0. The first-order valence-electron chi connectivity index (χ1n) is 5.66. The second-order valence-electron chi connectivity index (χ2n) is 3.90. The third-order valence-electron chi connectivity index (χ3n) is 2.25. The van der Waals surface area contributed by atoms with Gasteiger partial charge in [-0.2, -0.15) is 12.6 Å². The van der Waals surface area contributed by atoms with E-state index in [1.54, 1.807) is 0 Å². The third-order valence-corrected chi connectivity index (χ3v) is 2.61. The number of rotatable bonds is 9. The average Bonchev–Trinajstić information content (AvgIpc) is 2.38. The zero-order valence-corrected chi connectivity index (χ0v) is 11.4. The van der Waals surface area contributed by atoms with E-state index in [1.807, 2.05) is 0 Å². The van der Waals surface area contributed by atoms with Crippen molar-refractivity contribution in [3.8, 4) is 0 Å². The van der Waals surface area contributed by atoms with Crippen molar-refractivity contribution < 1.29 is 29.4 Å². The fourth-order valence-corrected chi connectivity index (χ4v) is 1.41. The number of hydrogen-bond acceptors (Lipinski definition) is 6. The van der Waals surface area contributed by atoms with Crippen molar-refractivity contribution in [2.24, 2.45) is 5.73 Å². The monoisotopic (exact) mass is 347 g/mol. The zero-order chi connectivity index (χ0) is 15.7. The minimum atomic E-state index is -1.22. The maximum atomic E-state index is 11.5. The Morgan fingerprint density at radius 3 is 2.19 bits per heavy atom. The molecular formula is C10H18KN3O6S. The van der Waals surface area contributed by atoms with Gasteiger partial charge in [-0.15, -0.1) is 0 Å². The van der Waals surface area contributed by atoms with Crippen LogP contribution in [0.5, 0.6) is 0 Å². The van der Waals surface area contributed by atoms with Crippen LogP contribution in [-0.4, -0.2) is 110 Å². The number of aliphatic carboxylic acids is 2. The molecule has 0 radical (unpaired) electrons. The van der Waals surface area contributed by atoms with E-state index >= 15 is 0 Å². The van der Waals surface area contributed by atoms with Crippen molar-refractivity contribution >= 4 is 87.8 Å². The van der Waals surface area contributed by atoms with E-state index in [2.05, 4.69) is 23.3 Å². The number of carboxylic acids is 2. The first-order valence-corrected chi connectivity index (χ1v) is 6.29. The van der Waals surface area contributed by atoms with Crippen LogP contribution in [0.25, 0.3) is 0 Å². The summed E-state index contributed by atoms with van der Waals surface area (Å²) in [6.07, 6.45) is -0.235. The molecule has 0 spiro atoms. The molecule has 0 rings (SSSR count). The van der Waals surface area contributed by atoms with Gasteiger partial charge in [0.05, 0.1) is 0 Å². The van der Waals surface area contributed by atoms with Crippen LogP contribution in [0.15, 0.2) is 0 Å². The van der Waals surface area contributed by atoms with E-state index in [1.165, 1.54) is 0 Å². The predicted molar refractivity (Wildman–Crippen MR) is 78.4 cm³/mol. The molecule has 0 aliphatic heterocycles.